The molecule has 0 spiro atoms. The first kappa shape index (κ1) is 10.3. The molecule has 0 aromatic heterocycles. The topological polar surface area (TPSA) is 89.4 Å². The van der Waals surface area contributed by atoms with Gasteiger partial charge in [0.15, 0.2) is 0 Å². The minimum Gasteiger partial charge on any atom is -0.256 e. The van der Waals surface area contributed by atoms with Crippen molar-refractivity contribution in [2.75, 3.05) is 0 Å². The fourth-order valence-corrected chi connectivity index (χ4v) is 0. The molecule has 0 aromatic rings. The Hall–Kier alpha value is 1.34. The summed E-state index contributed by atoms with van der Waals surface area (Å²) in [5.41, 5.74) is 0. The third kappa shape index (κ3) is 56.2. The summed E-state index contributed by atoms with van der Waals surface area (Å²) in [6, 6.07) is 0. The first-order valence-electron chi connectivity index (χ1n) is 0.632. The van der Waals surface area contributed by atoms with Gasteiger partial charge in [-0.1, -0.05) is 0 Å². The molecule has 0 fully saturated rings. The second-order valence-corrected chi connectivity index (χ2v) is 2.66. The average molecular weight is 216 g/mol. The van der Waals surface area contributed by atoms with Crippen molar-refractivity contribution in [2.24, 2.45) is 0 Å². The van der Waals surface area contributed by atoms with Gasteiger partial charge in [-0.2, -0.15) is 0 Å². The van der Waals surface area contributed by atoms with Gasteiger partial charge in [-0.05, 0) is 0 Å². The van der Waals surface area contributed by atoms with E-state index in [4.69, 9.17) is 13.7 Å². The fraction of sp³-hybridized carbons (Fsp3) is 0. The maximum Gasteiger partial charge on any atom is 0.368 e. The molecule has 0 unspecified atom stereocenters. The van der Waals surface area contributed by atoms with Crippen LogP contribution in [0.3, 0.4) is 0 Å². The lowest BCUT2D eigenvalue weighted by molar-refractivity contribution is -1.92. The van der Waals surface area contributed by atoms with Crippen molar-refractivity contribution in [3.63, 3.8) is 0 Å². The molecule has 0 rings (SSSR count). The summed E-state index contributed by atoms with van der Waals surface area (Å²) in [4.78, 5) is 0. The first-order valence-corrected chi connectivity index (χ1v) is 4.24. The van der Waals surface area contributed by atoms with E-state index < -0.39 is 20.1 Å². The molecule has 0 saturated heterocycles. The van der Waals surface area contributed by atoms with E-state index in [0.717, 1.165) is 0 Å². The SMILES string of the molecule is [Mg].[O-][I+3]([O-])([O-])O. The molecule has 4 nitrogen and oxygen atoms in total. The van der Waals surface area contributed by atoms with Gasteiger partial charge < -0.3 is 0 Å². The standard InChI is InChI=1S/HIO4.Mg/c2-1(3,4)5;/h2H;. The second kappa shape index (κ2) is 3.35. The molecule has 0 saturated carbocycles. The van der Waals surface area contributed by atoms with E-state index in [1.165, 1.54) is 0 Å². The third-order valence-corrected chi connectivity index (χ3v) is 0. The van der Waals surface area contributed by atoms with Crippen LogP contribution in [0, 0.1) is 0 Å². The Bertz CT molecular complexity index is 23.0. The summed E-state index contributed by atoms with van der Waals surface area (Å²) in [6.07, 6.45) is 0. The van der Waals surface area contributed by atoms with Gasteiger partial charge in [-0.15, -0.1) is 0 Å². The summed E-state index contributed by atoms with van der Waals surface area (Å²) in [5.74, 6) is 0. The molecule has 2 radical (unpaired) electrons. The molecule has 6 heavy (non-hydrogen) atoms. The van der Waals surface area contributed by atoms with Gasteiger partial charge in [-0.25, -0.2) is 0 Å². The van der Waals surface area contributed by atoms with Crippen LogP contribution in [0.25, 0.3) is 0 Å². The fourth-order valence-electron chi connectivity index (χ4n) is 0. The molecule has 0 aliphatic carbocycles. The van der Waals surface area contributed by atoms with Crippen molar-refractivity contribution in [1.29, 1.82) is 0 Å². The van der Waals surface area contributed by atoms with Crippen molar-refractivity contribution < 1.29 is 33.8 Å². The van der Waals surface area contributed by atoms with Crippen LogP contribution in [0.1, 0.15) is 0 Å². The summed E-state index contributed by atoms with van der Waals surface area (Å²) in [5, 5.41) is 0. The maximum atomic E-state index is 8.73. The van der Waals surface area contributed by atoms with Crippen LogP contribution in [-0.2, 0) is 0 Å². The lowest BCUT2D eigenvalue weighted by Crippen LogP contribution is -4.23. The zero-order valence-electron chi connectivity index (χ0n) is 2.76. The second-order valence-electron chi connectivity index (χ2n) is 0.396. The van der Waals surface area contributed by atoms with Crippen molar-refractivity contribution >= 4 is 23.1 Å². The van der Waals surface area contributed by atoms with Gasteiger partial charge in [0.05, 0.1) is 0 Å². The number of halogens is 1. The molecule has 34 valence electrons. The predicted octanol–water partition coefficient (Wildman–Crippen LogP) is -7.50. The Morgan fingerprint density at radius 1 is 1.17 bits per heavy atom. The maximum absolute atomic E-state index is 8.73. The molecule has 0 aliphatic heterocycles. The Morgan fingerprint density at radius 3 is 1.17 bits per heavy atom. The van der Waals surface area contributed by atoms with E-state index in [-0.39, 0.29) is 23.1 Å². The number of hydrogen-bond acceptors (Lipinski definition) is 4. The van der Waals surface area contributed by atoms with Crippen LogP contribution < -0.4 is 30.4 Å². The summed E-state index contributed by atoms with van der Waals surface area (Å²) >= 11 is -5.69. The first-order chi connectivity index (χ1) is 2.00. The largest absolute Gasteiger partial charge is 0.368 e. The average Bonchev–Trinajstić information content (AvgIpc) is 0.722. The zero-order valence-corrected chi connectivity index (χ0v) is 6.33. The van der Waals surface area contributed by atoms with E-state index in [1.807, 2.05) is 0 Å². The summed E-state index contributed by atoms with van der Waals surface area (Å²) in [7, 11) is 0. The van der Waals surface area contributed by atoms with Gasteiger partial charge in [0, 0.05) is 26.5 Å². The Morgan fingerprint density at radius 2 is 1.17 bits per heavy atom. The minimum absolute atomic E-state index is 0. The molecule has 0 bridgehead atoms. The normalized spacial score (nSPS) is 10.0. The van der Waals surface area contributed by atoms with Crippen molar-refractivity contribution in [1.82, 2.24) is 0 Å². The summed E-state index contributed by atoms with van der Waals surface area (Å²) in [6.45, 7) is 0. The molecule has 0 aromatic carbocycles. The molecule has 6 heteroatoms. The van der Waals surface area contributed by atoms with Gasteiger partial charge in [-0.3, -0.25) is 10.3 Å². The monoisotopic (exact) mass is 216 g/mol. The lowest BCUT2D eigenvalue weighted by Gasteiger charge is -1.93. The predicted molar refractivity (Wildman–Crippen MR) is 7.97 cm³/mol. The zero-order chi connectivity index (χ0) is 4.50. The Balaban J connectivity index is 0. The van der Waals surface area contributed by atoms with Gasteiger partial charge in [0.1, 0.15) is 0 Å². The van der Waals surface area contributed by atoms with Crippen LogP contribution in [0.5, 0.6) is 0 Å². The quantitative estimate of drug-likeness (QED) is 0.322. The van der Waals surface area contributed by atoms with E-state index in [9.17, 15) is 0 Å². The number of rotatable bonds is 0. The van der Waals surface area contributed by atoms with Crippen molar-refractivity contribution in [3.05, 3.63) is 0 Å². The Labute approximate surface area is 56.7 Å². The highest BCUT2D eigenvalue weighted by Crippen LogP contribution is 0.389. The highest BCUT2D eigenvalue weighted by molar-refractivity contribution is 5.75. The lowest BCUT2D eigenvalue weighted by atomic mass is 16.0. The van der Waals surface area contributed by atoms with Gasteiger partial charge in [0.25, 0.3) is 0 Å². The third-order valence-electron chi connectivity index (χ3n) is 0. The molecular formula is HIMgO4. The molecule has 0 aliphatic rings. The highest BCUT2D eigenvalue weighted by Gasteiger charge is 2.11. The van der Waals surface area contributed by atoms with E-state index in [2.05, 4.69) is 0 Å². The molecular weight excluding hydrogens is 215 g/mol. The van der Waals surface area contributed by atoms with Gasteiger partial charge in [0.2, 0.25) is 0 Å². The number of hydrogen-bond donors (Lipinski definition) is 1. The molecule has 0 amide bonds. The van der Waals surface area contributed by atoms with Crippen LogP contribution in [0.15, 0.2) is 0 Å². The van der Waals surface area contributed by atoms with Crippen molar-refractivity contribution in [2.45, 2.75) is 0 Å². The van der Waals surface area contributed by atoms with Crippen molar-refractivity contribution in [3.8, 4) is 0 Å². The molecule has 1 N–H and O–H groups in total. The van der Waals surface area contributed by atoms with E-state index >= 15 is 0 Å². The highest BCUT2D eigenvalue weighted by atomic mass is 127. The Kier molecular flexibility index (Phi) is 5.78. The van der Waals surface area contributed by atoms with Gasteiger partial charge >= 0.3 is 20.1 Å². The van der Waals surface area contributed by atoms with E-state index in [1.54, 1.807) is 0 Å². The van der Waals surface area contributed by atoms with Crippen LogP contribution >= 0.6 is 0 Å². The smallest absolute Gasteiger partial charge is 0.256 e. The van der Waals surface area contributed by atoms with Crippen LogP contribution in [0.4, 0.5) is 0 Å². The summed E-state index contributed by atoms with van der Waals surface area (Å²) < 4.78 is 33.2. The molecule has 0 atom stereocenters. The minimum atomic E-state index is -5.69. The van der Waals surface area contributed by atoms with E-state index in [0.29, 0.717) is 0 Å². The van der Waals surface area contributed by atoms with Crippen LogP contribution in [-0.4, -0.2) is 26.5 Å². The molecule has 0 heterocycles. The van der Waals surface area contributed by atoms with Crippen LogP contribution in [0.2, 0.25) is 0 Å².